The monoisotopic (exact) mass is 478 g/mol. The Labute approximate surface area is 196 Å². The molecule has 0 aromatic heterocycles. The van der Waals surface area contributed by atoms with Crippen molar-refractivity contribution in [1.82, 2.24) is 0 Å². The second kappa shape index (κ2) is 11.0. The predicted octanol–water partition coefficient (Wildman–Crippen LogP) is 0.576. The summed E-state index contributed by atoms with van der Waals surface area (Å²) in [7, 11) is 3.06. The summed E-state index contributed by atoms with van der Waals surface area (Å²) in [5, 5.41) is 50.2. The van der Waals surface area contributed by atoms with Gasteiger partial charge in [0, 0.05) is 5.56 Å². The summed E-state index contributed by atoms with van der Waals surface area (Å²) < 4.78 is 21.8. The number of phenolic OH excluding ortho intramolecular Hbond substituents is 1. The molecule has 0 aliphatic carbocycles. The normalized spacial score (nSPS) is 24.5. The summed E-state index contributed by atoms with van der Waals surface area (Å²) in [6.07, 6.45) is -6.64. The van der Waals surface area contributed by atoms with Gasteiger partial charge in [0.15, 0.2) is 17.3 Å². The molecule has 2 aromatic carbocycles. The van der Waals surface area contributed by atoms with E-state index in [1.807, 2.05) is 6.07 Å². The molecule has 0 amide bonds. The van der Waals surface area contributed by atoms with Crippen LogP contribution in [0.15, 0.2) is 30.3 Å². The van der Waals surface area contributed by atoms with Gasteiger partial charge in [-0.25, -0.2) is 0 Å². The number of Topliss-reactive ketones (excluding diaryl/α,β-unsaturated/α-hetero) is 1. The first-order chi connectivity index (χ1) is 16.2. The van der Waals surface area contributed by atoms with Gasteiger partial charge < -0.3 is 44.5 Å². The van der Waals surface area contributed by atoms with Gasteiger partial charge in [-0.05, 0) is 49.6 Å². The minimum absolute atomic E-state index is 0.0579. The Morgan fingerprint density at radius 3 is 2.24 bits per heavy atom. The zero-order chi connectivity index (χ0) is 25.0. The van der Waals surface area contributed by atoms with E-state index in [-0.39, 0.29) is 29.3 Å². The van der Waals surface area contributed by atoms with E-state index in [1.165, 1.54) is 33.3 Å². The van der Waals surface area contributed by atoms with E-state index in [0.29, 0.717) is 23.5 Å². The topological polar surface area (TPSA) is 155 Å². The number of methoxy groups -OCH3 is 2. The number of ether oxygens (including phenoxy) is 4. The van der Waals surface area contributed by atoms with Crippen molar-refractivity contribution in [3.63, 3.8) is 0 Å². The van der Waals surface area contributed by atoms with Crippen LogP contribution >= 0.6 is 0 Å². The lowest BCUT2D eigenvalue weighted by atomic mass is 9.95. The molecule has 0 radical (unpaired) electrons. The summed E-state index contributed by atoms with van der Waals surface area (Å²) in [4.78, 5) is 12.3. The Morgan fingerprint density at radius 1 is 0.941 bits per heavy atom. The van der Waals surface area contributed by atoms with Gasteiger partial charge in [-0.3, -0.25) is 4.79 Å². The highest BCUT2D eigenvalue weighted by Gasteiger charge is 2.45. The van der Waals surface area contributed by atoms with Crippen LogP contribution in [0.4, 0.5) is 0 Å². The fourth-order valence-corrected chi connectivity index (χ4v) is 3.96. The highest BCUT2D eigenvalue weighted by atomic mass is 16.7. The second-order valence-electron chi connectivity index (χ2n) is 8.00. The lowest BCUT2D eigenvalue weighted by Crippen LogP contribution is -2.60. The largest absolute Gasteiger partial charge is 0.507 e. The number of hydrogen-bond acceptors (Lipinski definition) is 10. The average molecular weight is 478 g/mol. The van der Waals surface area contributed by atoms with E-state index >= 15 is 0 Å². The van der Waals surface area contributed by atoms with Crippen molar-refractivity contribution in [2.45, 2.75) is 50.5 Å². The molecule has 1 fully saturated rings. The van der Waals surface area contributed by atoms with E-state index in [9.17, 15) is 30.3 Å². The Hall–Kier alpha value is -2.89. The summed E-state index contributed by atoms with van der Waals surface area (Å²) >= 11 is 0. The van der Waals surface area contributed by atoms with Crippen molar-refractivity contribution >= 4 is 5.78 Å². The standard InChI is InChI=1S/C24H30O10/c1-12(26)20-14(6-4-13-5-8-17(31-2)18(10-13)32-3)16(9-7-15(20)27)33-24-23(30)22(29)21(28)19(11-25)34-24/h5,7-10,19,21-25,27-30H,4,6,11H2,1-3H3. The van der Waals surface area contributed by atoms with Crippen molar-refractivity contribution in [3.8, 4) is 23.0 Å². The van der Waals surface area contributed by atoms with Gasteiger partial charge in [-0.2, -0.15) is 0 Å². The highest BCUT2D eigenvalue weighted by Crippen LogP contribution is 2.35. The van der Waals surface area contributed by atoms with Crippen molar-refractivity contribution in [1.29, 1.82) is 0 Å². The minimum Gasteiger partial charge on any atom is -0.507 e. The number of aliphatic hydroxyl groups is 4. The van der Waals surface area contributed by atoms with Gasteiger partial charge in [-0.15, -0.1) is 0 Å². The summed E-state index contributed by atoms with van der Waals surface area (Å²) in [6.45, 7) is 0.706. The minimum atomic E-state index is -1.62. The van der Waals surface area contributed by atoms with Gasteiger partial charge in [0.25, 0.3) is 0 Å². The Morgan fingerprint density at radius 2 is 1.62 bits per heavy atom. The third-order valence-electron chi connectivity index (χ3n) is 5.80. The van der Waals surface area contributed by atoms with E-state index in [2.05, 4.69) is 0 Å². The lowest BCUT2D eigenvalue weighted by molar-refractivity contribution is -0.277. The molecular weight excluding hydrogens is 448 g/mol. The number of aliphatic hydroxyl groups excluding tert-OH is 4. The number of hydrogen-bond donors (Lipinski definition) is 5. The molecule has 34 heavy (non-hydrogen) atoms. The van der Waals surface area contributed by atoms with Gasteiger partial charge in [0.1, 0.15) is 35.9 Å². The number of carbonyl (C=O) groups is 1. The summed E-state index contributed by atoms with van der Waals surface area (Å²) in [6, 6.07) is 8.11. The van der Waals surface area contributed by atoms with Crippen LogP contribution < -0.4 is 14.2 Å². The molecule has 0 saturated carbocycles. The van der Waals surface area contributed by atoms with Crippen LogP contribution in [0.5, 0.6) is 23.0 Å². The highest BCUT2D eigenvalue weighted by molar-refractivity contribution is 5.99. The van der Waals surface area contributed by atoms with Crippen LogP contribution in [0.2, 0.25) is 0 Å². The zero-order valence-corrected chi connectivity index (χ0v) is 19.2. The third-order valence-corrected chi connectivity index (χ3v) is 5.80. The summed E-state index contributed by atoms with van der Waals surface area (Å²) in [5.41, 5.74) is 1.30. The number of rotatable bonds is 9. The van der Waals surface area contributed by atoms with Gasteiger partial charge in [0.05, 0.1) is 26.4 Å². The van der Waals surface area contributed by atoms with Gasteiger partial charge in [0.2, 0.25) is 6.29 Å². The first-order valence-corrected chi connectivity index (χ1v) is 10.8. The molecule has 2 aromatic rings. The van der Waals surface area contributed by atoms with Crippen LogP contribution in [0.3, 0.4) is 0 Å². The number of carbonyl (C=O) groups excluding carboxylic acids is 1. The maximum absolute atomic E-state index is 12.3. The predicted molar refractivity (Wildman–Crippen MR) is 119 cm³/mol. The smallest absolute Gasteiger partial charge is 0.229 e. The number of phenols is 1. The fraction of sp³-hybridized carbons (Fsp3) is 0.458. The Balaban J connectivity index is 1.92. The molecule has 5 unspecified atom stereocenters. The molecule has 1 aliphatic heterocycles. The van der Waals surface area contributed by atoms with E-state index in [0.717, 1.165) is 5.56 Å². The van der Waals surface area contributed by atoms with Crippen molar-refractivity contribution in [3.05, 3.63) is 47.0 Å². The quantitative estimate of drug-likeness (QED) is 0.323. The first-order valence-electron chi connectivity index (χ1n) is 10.8. The van der Waals surface area contributed by atoms with E-state index < -0.39 is 37.3 Å². The van der Waals surface area contributed by atoms with Crippen LogP contribution in [0.25, 0.3) is 0 Å². The first kappa shape index (κ1) is 25.7. The third kappa shape index (κ3) is 5.26. The van der Waals surface area contributed by atoms with Crippen molar-refractivity contribution in [2.75, 3.05) is 20.8 Å². The number of aromatic hydroxyl groups is 1. The maximum Gasteiger partial charge on any atom is 0.229 e. The van der Waals surface area contributed by atoms with Crippen LogP contribution in [0.1, 0.15) is 28.4 Å². The number of ketones is 1. The molecule has 5 atom stereocenters. The molecule has 3 rings (SSSR count). The molecule has 10 heteroatoms. The van der Waals surface area contributed by atoms with Crippen LogP contribution in [-0.4, -0.2) is 82.8 Å². The van der Waals surface area contributed by atoms with Crippen molar-refractivity contribution < 1.29 is 49.3 Å². The SMILES string of the molecule is COc1ccc(CCc2c(OC3OC(CO)C(O)C(O)C3O)ccc(O)c2C(C)=O)cc1OC. The molecule has 0 spiro atoms. The van der Waals surface area contributed by atoms with Crippen LogP contribution in [-0.2, 0) is 17.6 Å². The Kier molecular flexibility index (Phi) is 8.34. The Bertz CT molecular complexity index is 1010. The van der Waals surface area contributed by atoms with Gasteiger partial charge >= 0.3 is 0 Å². The molecule has 1 heterocycles. The molecule has 5 N–H and O–H groups in total. The number of aryl methyl sites for hydroxylation is 1. The zero-order valence-electron chi connectivity index (χ0n) is 19.2. The maximum atomic E-state index is 12.3. The molecule has 1 saturated heterocycles. The van der Waals surface area contributed by atoms with Crippen molar-refractivity contribution in [2.24, 2.45) is 0 Å². The van der Waals surface area contributed by atoms with Gasteiger partial charge in [-0.1, -0.05) is 6.07 Å². The average Bonchev–Trinajstić information content (AvgIpc) is 2.83. The lowest BCUT2D eigenvalue weighted by Gasteiger charge is -2.39. The van der Waals surface area contributed by atoms with E-state index in [1.54, 1.807) is 12.1 Å². The molecule has 0 bridgehead atoms. The fourth-order valence-electron chi connectivity index (χ4n) is 3.96. The molecule has 186 valence electrons. The molecule has 10 nitrogen and oxygen atoms in total. The summed E-state index contributed by atoms with van der Waals surface area (Å²) in [5.74, 6) is 0.642. The van der Waals surface area contributed by atoms with E-state index in [4.69, 9.17) is 18.9 Å². The number of benzene rings is 2. The molecule has 1 aliphatic rings. The molecular formula is C24H30O10. The van der Waals surface area contributed by atoms with Crippen LogP contribution in [0, 0.1) is 0 Å². The second-order valence-corrected chi connectivity index (χ2v) is 8.00.